The lowest BCUT2D eigenvalue weighted by Crippen LogP contribution is -2.49. The Bertz CT molecular complexity index is 887. The Balaban J connectivity index is 2.02. The minimum absolute atomic E-state index is 0.257. The first kappa shape index (κ1) is 22.2. The maximum Gasteiger partial charge on any atom is 0.243 e. The van der Waals surface area contributed by atoms with Crippen LogP contribution >= 0.6 is 11.6 Å². The van der Waals surface area contributed by atoms with E-state index >= 15 is 0 Å². The van der Waals surface area contributed by atoms with Gasteiger partial charge in [0.05, 0.1) is 11.9 Å². The minimum Gasteiger partial charge on any atom is -0.354 e. The van der Waals surface area contributed by atoms with E-state index in [1.165, 1.54) is 24.3 Å². The molecule has 0 heterocycles. The highest BCUT2D eigenvalue weighted by molar-refractivity contribution is 7.92. The number of rotatable bonds is 9. The first-order valence-corrected chi connectivity index (χ1v) is 11.2. The van der Waals surface area contributed by atoms with E-state index in [0.717, 1.165) is 22.5 Å². The zero-order chi connectivity index (χ0) is 20.7. The predicted molar refractivity (Wildman–Crippen MR) is 111 cm³/mol. The summed E-state index contributed by atoms with van der Waals surface area (Å²) in [6.45, 7) is 2.15. The summed E-state index contributed by atoms with van der Waals surface area (Å²) in [5, 5.41) is 3.47. The number of aryl methyl sites for hydroxylation is 1. The number of hydrogen-bond donors (Lipinski definition) is 1. The van der Waals surface area contributed by atoms with E-state index in [1.54, 1.807) is 6.92 Å². The summed E-state index contributed by atoms with van der Waals surface area (Å²) in [5.74, 6) is -0.856. The maximum atomic E-state index is 13.2. The van der Waals surface area contributed by atoms with Crippen molar-refractivity contribution in [2.75, 3.05) is 17.1 Å². The summed E-state index contributed by atoms with van der Waals surface area (Å²) >= 11 is 5.86. The smallest absolute Gasteiger partial charge is 0.243 e. The fourth-order valence-electron chi connectivity index (χ4n) is 2.92. The molecule has 1 atom stereocenters. The molecule has 2 aromatic carbocycles. The van der Waals surface area contributed by atoms with Crippen LogP contribution in [0.4, 0.5) is 10.1 Å². The number of nitrogens with zero attached hydrogens (tertiary/aromatic N) is 1. The first-order chi connectivity index (χ1) is 13.2. The predicted octanol–water partition coefficient (Wildman–Crippen LogP) is 3.77. The van der Waals surface area contributed by atoms with E-state index in [4.69, 9.17) is 11.6 Å². The normalized spacial score (nSPS) is 12.4. The van der Waals surface area contributed by atoms with Gasteiger partial charge in [-0.05, 0) is 61.2 Å². The van der Waals surface area contributed by atoms with E-state index in [0.29, 0.717) is 18.0 Å². The van der Waals surface area contributed by atoms with E-state index in [1.807, 2.05) is 24.3 Å². The third-order valence-corrected chi connectivity index (χ3v) is 5.70. The molecule has 1 unspecified atom stereocenters. The van der Waals surface area contributed by atoms with E-state index in [9.17, 15) is 17.6 Å². The molecule has 0 bridgehead atoms. The number of hydrogen-bond acceptors (Lipinski definition) is 3. The largest absolute Gasteiger partial charge is 0.354 e. The summed E-state index contributed by atoms with van der Waals surface area (Å²) < 4.78 is 38.9. The second-order valence-corrected chi connectivity index (χ2v) is 8.78. The number of carbonyl (C=O) groups excluding carboxylic acids is 1. The minimum atomic E-state index is -3.73. The molecule has 0 radical (unpaired) electrons. The lowest BCUT2D eigenvalue weighted by atomic mass is 10.1. The Morgan fingerprint density at radius 3 is 2.29 bits per heavy atom. The van der Waals surface area contributed by atoms with Crippen molar-refractivity contribution in [3.8, 4) is 0 Å². The fourth-order valence-corrected chi connectivity index (χ4v) is 4.26. The summed E-state index contributed by atoms with van der Waals surface area (Å²) in [4.78, 5) is 12.6. The van der Waals surface area contributed by atoms with E-state index < -0.39 is 21.9 Å². The highest BCUT2D eigenvalue weighted by atomic mass is 35.5. The Morgan fingerprint density at radius 1 is 1.14 bits per heavy atom. The topological polar surface area (TPSA) is 66.5 Å². The Hall–Kier alpha value is -2.12. The molecule has 0 saturated carbocycles. The summed E-state index contributed by atoms with van der Waals surface area (Å²) in [6.07, 6.45) is 2.79. The molecule has 5 nitrogen and oxygen atoms in total. The number of sulfonamides is 1. The summed E-state index contributed by atoms with van der Waals surface area (Å²) in [7, 11) is -3.73. The molecule has 0 fully saturated rings. The molecule has 0 aliphatic heterocycles. The van der Waals surface area contributed by atoms with Gasteiger partial charge in [-0.25, -0.2) is 12.8 Å². The number of benzene rings is 2. The zero-order valence-electron chi connectivity index (χ0n) is 15.9. The summed E-state index contributed by atoms with van der Waals surface area (Å²) in [5.41, 5.74) is 1.36. The quantitative estimate of drug-likeness (QED) is 0.620. The van der Waals surface area contributed by atoms with Gasteiger partial charge in [0, 0.05) is 11.6 Å². The van der Waals surface area contributed by atoms with Gasteiger partial charge in [0.1, 0.15) is 11.9 Å². The molecule has 0 aromatic heterocycles. The molecular formula is C20H24ClFN2O3S. The van der Waals surface area contributed by atoms with Crippen molar-refractivity contribution in [1.82, 2.24) is 5.32 Å². The molecule has 1 N–H and O–H groups in total. The molecule has 152 valence electrons. The monoisotopic (exact) mass is 426 g/mol. The van der Waals surface area contributed by atoms with Crippen molar-refractivity contribution in [2.24, 2.45) is 0 Å². The molecule has 0 saturated heterocycles. The average molecular weight is 427 g/mol. The van der Waals surface area contributed by atoms with Crippen LogP contribution in [0.2, 0.25) is 5.02 Å². The summed E-state index contributed by atoms with van der Waals surface area (Å²) in [6, 6.07) is 11.6. The van der Waals surface area contributed by atoms with Crippen LogP contribution in [-0.4, -0.2) is 33.2 Å². The van der Waals surface area contributed by atoms with Crippen LogP contribution < -0.4 is 9.62 Å². The maximum absolute atomic E-state index is 13.2. The Kier molecular flexibility index (Phi) is 7.83. The molecule has 8 heteroatoms. The van der Waals surface area contributed by atoms with Crippen molar-refractivity contribution in [3.05, 3.63) is 64.9 Å². The van der Waals surface area contributed by atoms with Gasteiger partial charge in [-0.1, -0.05) is 30.7 Å². The van der Waals surface area contributed by atoms with Gasteiger partial charge in [-0.15, -0.1) is 0 Å². The number of nitrogens with one attached hydrogen (secondary N) is 1. The van der Waals surface area contributed by atoms with Crippen LogP contribution in [0.25, 0.3) is 0 Å². The highest BCUT2D eigenvalue weighted by Crippen LogP contribution is 2.22. The SMILES string of the molecule is CCC(C(=O)NCCCc1ccc(Cl)cc1)N(c1ccc(F)cc1)S(C)(=O)=O. The Labute approximate surface area is 170 Å². The van der Waals surface area contributed by atoms with Crippen molar-refractivity contribution in [3.63, 3.8) is 0 Å². The molecule has 0 aliphatic rings. The van der Waals surface area contributed by atoms with Gasteiger partial charge >= 0.3 is 0 Å². The van der Waals surface area contributed by atoms with Crippen molar-refractivity contribution in [2.45, 2.75) is 32.2 Å². The molecule has 0 spiro atoms. The van der Waals surface area contributed by atoms with Gasteiger partial charge < -0.3 is 5.32 Å². The van der Waals surface area contributed by atoms with Gasteiger partial charge in [0.2, 0.25) is 15.9 Å². The third-order valence-electron chi connectivity index (χ3n) is 4.27. The molecule has 28 heavy (non-hydrogen) atoms. The van der Waals surface area contributed by atoms with Crippen molar-refractivity contribution < 1.29 is 17.6 Å². The number of carbonyl (C=O) groups is 1. The van der Waals surface area contributed by atoms with E-state index in [-0.39, 0.29) is 18.0 Å². The third kappa shape index (κ3) is 6.21. The van der Waals surface area contributed by atoms with Crippen LogP contribution in [0.3, 0.4) is 0 Å². The van der Waals surface area contributed by atoms with Gasteiger partial charge in [-0.2, -0.15) is 0 Å². The Morgan fingerprint density at radius 2 is 1.75 bits per heavy atom. The number of halogens is 2. The molecular weight excluding hydrogens is 403 g/mol. The van der Waals surface area contributed by atoms with Crippen molar-refractivity contribution >= 4 is 33.2 Å². The van der Waals surface area contributed by atoms with Gasteiger partial charge in [0.25, 0.3) is 0 Å². The van der Waals surface area contributed by atoms with Crippen molar-refractivity contribution in [1.29, 1.82) is 0 Å². The van der Waals surface area contributed by atoms with Crippen LogP contribution in [-0.2, 0) is 21.2 Å². The molecule has 2 rings (SSSR count). The lowest BCUT2D eigenvalue weighted by molar-refractivity contribution is -0.122. The van der Waals surface area contributed by atoms with E-state index in [2.05, 4.69) is 5.32 Å². The first-order valence-electron chi connectivity index (χ1n) is 8.99. The zero-order valence-corrected chi connectivity index (χ0v) is 17.4. The molecule has 0 aliphatic carbocycles. The van der Waals surface area contributed by atoms with Crippen LogP contribution in [0.15, 0.2) is 48.5 Å². The highest BCUT2D eigenvalue weighted by Gasteiger charge is 2.31. The van der Waals surface area contributed by atoms with Gasteiger partial charge in [0.15, 0.2) is 0 Å². The van der Waals surface area contributed by atoms with Crippen LogP contribution in [0, 0.1) is 5.82 Å². The second-order valence-electron chi connectivity index (χ2n) is 6.48. The number of anilines is 1. The average Bonchev–Trinajstić information content (AvgIpc) is 2.64. The standard InChI is InChI=1S/C20H24ClFN2O3S/c1-3-19(24(28(2,26)27)18-12-10-17(22)11-13-18)20(25)23-14-4-5-15-6-8-16(21)9-7-15/h6-13,19H,3-5,14H2,1-2H3,(H,23,25). The lowest BCUT2D eigenvalue weighted by Gasteiger charge is -2.30. The number of amides is 1. The fraction of sp³-hybridized carbons (Fsp3) is 0.350. The second kappa shape index (κ2) is 9.89. The molecule has 2 aromatic rings. The van der Waals surface area contributed by atoms with Crippen LogP contribution in [0.1, 0.15) is 25.3 Å². The van der Waals surface area contributed by atoms with Gasteiger partial charge in [-0.3, -0.25) is 9.10 Å². The van der Waals surface area contributed by atoms with Crippen LogP contribution in [0.5, 0.6) is 0 Å². The molecule has 1 amide bonds.